The van der Waals surface area contributed by atoms with Gasteiger partial charge in [-0.3, -0.25) is 9.59 Å². The van der Waals surface area contributed by atoms with Crippen LogP contribution in [0.5, 0.6) is 0 Å². The third kappa shape index (κ3) is 5.33. The van der Waals surface area contributed by atoms with Gasteiger partial charge in [0.25, 0.3) is 5.91 Å². The fourth-order valence-corrected chi connectivity index (χ4v) is 3.41. The van der Waals surface area contributed by atoms with Gasteiger partial charge in [-0.15, -0.1) is 0 Å². The summed E-state index contributed by atoms with van der Waals surface area (Å²) in [6, 6.07) is 15.2. The molecule has 0 fully saturated rings. The predicted octanol–water partition coefficient (Wildman–Crippen LogP) is 2.84. The molecule has 0 aromatic heterocycles. The maximum atomic E-state index is 12.5. The third-order valence-corrected chi connectivity index (χ3v) is 4.76. The molecule has 6 heteroatoms. The molecule has 0 atom stereocenters. The van der Waals surface area contributed by atoms with Crippen LogP contribution in [-0.4, -0.2) is 45.2 Å². The van der Waals surface area contributed by atoms with Crippen molar-refractivity contribution in [2.75, 3.05) is 43.6 Å². The Labute approximate surface area is 165 Å². The van der Waals surface area contributed by atoms with Crippen molar-refractivity contribution in [3.63, 3.8) is 0 Å². The number of amides is 2. The number of nitrogens with zero attached hydrogens (tertiary/aromatic N) is 1. The van der Waals surface area contributed by atoms with E-state index in [0.29, 0.717) is 30.9 Å². The number of para-hydroxylation sites is 1. The molecule has 2 N–H and O–H groups in total. The van der Waals surface area contributed by atoms with Gasteiger partial charge in [0.05, 0.1) is 6.54 Å². The van der Waals surface area contributed by atoms with Crippen LogP contribution in [-0.2, 0) is 16.0 Å². The van der Waals surface area contributed by atoms with Crippen LogP contribution < -0.4 is 15.5 Å². The van der Waals surface area contributed by atoms with Gasteiger partial charge in [0.15, 0.2) is 0 Å². The van der Waals surface area contributed by atoms with Crippen molar-refractivity contribution in [1.82, 2.24) is 5.32 Å². The quantitative estimate of drug-likeness (QED) is 0.690. The van der Waals surface area contributed by atoms with Crippen molar-refractivity contribution in [3.05, 3.63) is 59.7 Å². The summed E-state index contributed by atoms with van der Waals surface area (Å²) in [5.74, 6) is -0.244. The maximum Gasteiger partial charge on any atom is 0.251 e. The van der Waals surface area contributed by atoms with Gasteiger partial charge in [-0.1, -0.05) is 24.3 Å². The van der Waals surface area contributed by atoms with Crippen LogP contribution in [0.15, 0.2) is 48.5 Å². The van der Waals surface area contributed by atoms with Crippen LogP contribution in [0.2, 0.25) is 0 Å². The highest BCUT2D eigenvalue weighted by Crippen LogP contribution is 2.26. The molecule has 6 nitrogen and oxygen atoms in total. The Hall–Kier alpha value is -2.86. The number of carbonyl (C=O) groups excluding carboxylic acids is 2. The van der Waals surface area contributed by atoms with Gasteiger partial charge in [-0.25, -0.2) is 0 Å². The first kappa shape index (κ1) is 19.9. The minimum atomic E-state index is -0.155. The lowest BCUT2D eigenvalue weighted by Crippen LogP contribution is -2.36. The molecule has 2 amide bonds. The zero-order valence-corrected chi connectivity index (χ0v) is 16.2. The number of fused-ring (bicyclic) bond motifs is 1. The normalized spacial score (nSPS) is 13.0. The molecule has 0 saturated carbocycles. The van der Waals surface area contributed by atoms with Crippen LogP contribution in [0.1, 0.15) is 28.8 Å². The number of hydrogen-bond donors (Lipinski definition) is 2. The number of anilines is 2. The van der Waals surface area contributed by atoms with Crippen molar-refractivity contribution in [1.29, 1.82) is 0 Å². The van der Waals surface area contributed by atoms with E-state index in [1.165, 1.54) is 5.56 Å². The van der Waals surface area contributed by atoms with Crippen molar-refractivity contribution in [3.8, 4) is 0 Å². The minimum Gasteiger partial charge on any atom is -0.385 e. The Kier molecular flexibility index (Phi) is 7.03. The van der Waals surface area contributed by atoms with Crippen molar-refractivity contribution in [2.45, 2.75) is 19.3 Å². The second-order valence-electron chi connectivity index (χ2n) is 6.89. The molecule has 0 bridgehead atoms. The van der Waals surface area contributed by atoms with E-state index in [9.17, 15) is 9.59 Å². The van der Waals surface area contributed by atoms with Crippen LogP contribution in [0.25, 0.3) is 0 Å². The number of aryl methyl sites for hydroxylation is 1. The Morgan fingerprint density at radius 1 is 1.14 bits per heavy atom. The van der Waals surface area contributed by atoms with Gasteiger partial charge in [-0.05, 0) is 49.1 Å². The van der Waals surface area contributed by atoms with Crippen molar-refractivity contribution >= 4 is 23.2 Å². The number of hydrogen-bond acceptors (Lipinski definition) is 4. The first-order valence-electron chi connectivity index (χ1n) is 9.67. The number of benzene rings is 2. The highest BCUT2D eigenvalue weighted by molar-refractivity contribution is 5.98. The maximum absolute atomic E-state index is 12.5. The van der Waals surface area contributed by atoms with E-state index >= 15 is 0 Å². The van der Waals surface area contributed by atoms with E-state index in [2.05, 4.69) is 27.7 Å². The molecule has 0 radical (unpaired) electrons. The van der Waals surface area contributed by atoms with Gasteiger partial charge < -0.3 is 20.3 Å². The fourth-order valence-electron chi connectivity index (χ4n) is 3.41. The fraction of sp³-hybridized carbons (Fsp3) is 0.364. The van der Waals surface area contributed by atoms with E-state index in [1.807, 2.05) is 12.1 Å². The lowest BCUT2D eigenvalue weighted by atomic mass is 10.0. The molecular weight excluding hydrogens is 354 g/mol. The van der Waals surface area contributed by atoms with Crippen molar-refractivity contribution in [2.24, 2.45) is 0 Å². The van der Waals surface area contributed by atoms with Gasteiger partial charge >= 0.3 is 0 Å². The molecule has 0 aliphatic carbocycles. The highest BCUT2D eigenvalue weighted by Gasteiger charge is 2.18. The topological polar surface area (TPSA) is 70.7 Å². The van der Waals surface area contributed by atoms with Gasteiger partial charge in [0, 0.05) is 43.7 Å². The summed E-state index contributed by atoms with van der Waals surface area (Å²) in [6.45, 7) is 2.33. The summed E-state index contributed by atoms with van der Waals surface area (Å²) >= 11 is 0. The molecule has 0 saturated heterocycles. The second-order valence-corrected chi connectivity index (χ2v) is 6.89. The molecule has 2 aromatic carbocycles. The molecule has 0 spiro atoms. The SMILES string of the molecule is COCCCNC(=O)c1cccc(NC(=O)CN2CCCc3ccccc32)c1. The molecule has 148 valence electrons. The van der Waals surface area contributed by atoms with Gasteiger partial charge in [0.1, 0.15) is 0 Å². The van der Waals surface area contributed by atoms with Gasteiger partial charge in [0.2, 0.25) is 5.91 Å². The first-order chi connectivity index (χ1) is 13.7. The number of methoxy groups -OCH3 is 1. The number of carbonyl (C=O) groups is 2. The molecule has 1 heterocycles. The Balaban J connectivity index is 1.57. The number of ether oxygens (including phenoxy) is 1. The third-order valence-electron chi connectivity index (χ3n) is 4.76. The molecule has 1 aliphatic rings. The van der Waals surface area contributed by atoms with E-state index in [-0.39, 0.29) is 11.8 Å². The van der Waals surface area contributed by atoms with Crippen molar-refractivity contribution < 1.29 is 14.3 Å². The smallest absolute Gasteiger partial charge is 0.251 e. The molecule has 2 aromatic rings. The highest BCUT2D eigenvalue weighted by atomic mass is 16.5. The second kappa shape index (κ2) is 9.90. The largest absolute Gasteiger partial charge is 0.385 e. The monoisotopic (exact) mass is 381 g/mol. The van der Waals surface area contributed by atoms with E-state index in [1.54, 1.807) is 31.4 Å². The lowest BCUT2D eigenvalue weighted by molar-refractivity contribution is -0.115. The molecule has 3 rings (SSSR count). The summed E-state index contributed by atoms with van der Waals surface area (Å²) in [5.41, 5.74) is 3.57. The minimum absolute atomic E-state index is 0.0886. The van der Waals surface area contributed by atoms with Gasteiger partial charge in [-0.2, -0.15) is 0 Å². The van der Waals surface area contributed by atoms with E-state index < -0.39 is 0 Å². The summed E-state index contributed by atoms with van der Waals surface area (Å²) < 4.78 is 4.97. The molecule has 1 aliphatic heterocycles. The zero-order chi connectivity index (χ0) is 19.8. The zero-order valence-electron chi connectivity index (χ0n) is 16.2. The molecule has 28 heavy (non-hydrogen) atoms. The predicted molar refractivity (Wildman–Crippen MR) is 111 cm³/mol. The van der Waals surface area contributed by atoms with Crippen LogP contribution in [0.3, 0.4) is 0 Å². The summed E-state index contributed by atoms with van der Waals surface area (Å²) in [7, 11) is 1.64. The van der Waals surface area contributed by atoms with Crippen LogP contribution >= 0.6 is 0 Å². The Morgan fingerprint density at radius 3 is 2.86 bits per heavy atom. The number of nitrogens with one attached hydrogen (secondary N) is 2. The lowest BCUT2D eigenvalue weighted by Gasteiger charge is -2.30. The summed E-state index contributed by atoms with van der Waals surface area (Å²) in [4.78, 5) is 26.9. The Morgan fingerprint density at radius 2 is 2.00 bits per heavy atom. The molecular formula is C22H27N3O3. The van der Waals surface area contributed by atoms with E-state index in [0.717, 1.165) is 31.5 Å². The summed E-state index contributed by atoms with van der Waals surface area (Å²) in [6.07, 6.45) is 2.86. The van der Waals surface area contributed by atoms with E-state index in [4.69, 9.17) is 4.74 Å². The molecule has 0 unspecified atom stereocenters. The Bertz CT molecular complexity index is 822. The first-order valence-corrected chi connectivity index (χ1v) is 9.67. The number of rotatable bonds is 8. The summed E-state index contributed by atoms with van der Waals surface area (Å²) in [5, 5.41) is 5.76. The van der Waals surface area contributed by atoms with Crippen LogP contribution in [0, 0.1) is 0 Å². The van der Waals surface area contributed by atoms with Crippen LogP contribution in [0.4, 0.5) is 11.4 Å². The average Bonchev–Trinajstić information content (AvgIpc) is 2.71. The average molecular weight is 381 g/mol. The standard InChI is InChI=1S/C22H27N3O3/c1-28-14-6-12-23-22(27)18-8-4-10-19(15-18)24-21(26)16-25-13-5-9-17-7-2-3-11-20(17)25/h2-4,7-8,10-11,15H,5-6,9,12-14,16H2,1H3,(H,23,27)(H,24,26).